The third kappa shape index (κ3) is 3.48. The number of aryl methyl sites for hydroxylation is 2. The van der Waals surface area contributed by atoms with Gasteiger partial charge in [-0.1, -0.05) is 12.1 Å². The summed E-state index contributed by atoms with van der Waals surface area (Å²) in [5.41, 5.74) is 4.00. The first-order valence-corrected chi connectivity index (χ1v) is 10.2. The second-order valence-electron chi connectivity index (χ2n) is 7.91. The number of rotatable bonds is 3. The van der Waals surface area contributed by atoms with E-state index in [2.05, 4.69) is 6.07 Å². The zero-order chi connectivity index (χ0) is 20.5. The maximum atomic E-state index is 13.3. The fourth-order valence-electron chi connectivity index (χ4n) is 4.54. The predicted octanol–water partition coefficient (Wildman–Crippen LogP) is 2.66. The molecule has 0 saturated carbocycles. The average molecular weight is 394 g/mol. The van der Waals surface area contributed by atoms with E-state index in [0.717, 1.165) is 24.9 Å². The van der Waals surface area contributed by atoms with Crippen LogP contribution in [0.3, 0.4) is 0 Å². The summed E-state index contributed by atoms with van der Waals surface area (Å²) in [5.74, 6) is -0.657. The summed E-state index contributed by atoms with van der Waals surface area (Å²) in [7, 11) is 1.38. The largest absolute Gasteiger partial charge is 0.469 e. The van der Waals surface area contributed by atoms with Crippen molar-refractivity contribution >= 4 is 11.9 Å². The molecule has 2 aliphatic rings. The number of amides is 1. The summed E-state index contributed by atoms with van der Waals surface area (Å²) in [4.78, 5) is 40.0. The van der Waals surface area contributed by atoms with Crippen LogP contribution in [0.25, 0.3) is 5.69 Å². The van der Waals surface area contributed by atoms with Crippen molar-refractivity contribution in [3.8, 4) is 5.69 Å². The van der Waals surface area contributed by atoms with Crippen molar-refractivity contribution in [3.05, 3.63) is 63.1 Å². The Hall–Kier alpha value is -2.89. The molecule has 6 nitrogen and oxygen atoms in total. The minimum absolute atomic E-state index is 0.176. The van der Waals surface area contributed by atoms with E-state index in [4.69, 9.17) is 4.74 Å². The number of hydrogen-bond acceptors (Lipinski definition) is 4. The smallest absolute Gasteiger partial charge is 0.308 e. The van der Waals surface area contributed by atoms with Crippen molar-refractivity contribution in [3.63, 3.8) is 0 Å². The number of hydrogen-bond donors (Lipinski definition) is 0. The average Bonchev–Trinajstić information content (AvgIpc) is 3.22. The zero-order valence-corrected chi connectivity index (χ0v) is 16.9. The van der Waals surface area contributed by atoms with Crippen molar-refractivity contribution in [2.45, 2.75) is 39.0 Å². The van der Waals surface area contributed by atoms with Crippen LogP contribution in [0.4, 0.5) is 0 Å². The van der Waals surface area contributed by atoms with Gasteiger partial charge in [0.2, 0.25) is 0 Å². The molecule has 1 amide bonds. The number of ether oxygens (including phenoxy) is 1. The van der Waals surface area contributed by atoms with Crippen molar-refractivity contribution in [2.24, 2.45) is 5.92 Å². The van der Waals surface area contributed by atoms with Crippen molar-refractivity contribution in [2.75, 3.05) is 20.2 Å². The molecule has 2 aromatic rings. The number of likely N-dealkylation sites (tertiary alicyclic amines) is 1. The van der Waals surface area contributed by atoms with E-state index in [1.807, 2.05) is 18.2 Å². The third-order valence-electron chi connectivity index (χ3n) is 6.21. The van der Waals surface area contributed by atoms with Crippen LogP contribution in [-0.4, -0.2) is 41.5 Å². The van der Waals surface area contributed by atoms with Gasteiger partial charge in [-0.15, -0.1) is 0 Å². The Kier molecular flexibility index (Phi) is 5.26. The number of pyridine rings is 1. The highest BCUT2D eigenvalue weighted by Gasteiger charge is 2.30. The SMILES string of the molecule is COC(=O)C1CCN(C(=O)c2c(C)ccn(-c3cccc4c3CCC4)c2=O)CC1. The van der Waals surface area contributed by atoms with Crippen molar-refractivity contribution in [1.29, 1.82) is 0 Å². The predicted molar refractivity (Wildman–Crippen MR) is 109 cm³/mol. The normalized spacial score (nSPS) is 16.6. The Labute approximate surface area is 170 Å². The van der Waals surface area contributed by atoms with Crippen LogP contribution in [0.15, 0.2) is 35.3 Å². The first-order chi connectivity index (χ1) is 14.0. The van der Waals surface area contributed by atoms with Crippen LogP contribution in [-0.2, 0) is 22.4 Å². The van der Waals surface area contributed by atoms with Gasteiger partial charge in [0.25, 0.3) is 11.5 Å². The number of fused-ring (bicyclic) bond motifs is 1. The molecule has 0 radical (unpaired) electrons. The van der Waals surface area contributed by atoms with E-state index in [-0.39, 0.29) is 28.9 Å². The minimum Gasteiger partial charge on any atom is -0.469 e. The summed E-state index contributed by atoms with van der Waals surface area (Å²) < 4.78 is 6.43. The second kappa shape index (κ2) is 7.85. The first-order valence-electron chi connectivity index (χ1n) is 10.2. The van der Waals surface area contributed by atoms with E-state index in [1.165, 1.54) is 18.2 Å². The molecule has 152 valence electrons. The lowest BCUT2D eigenvalue weighted by molar-refractivity contribution is -0.146. The Morgan fingerprint density at radius 3 is 2.59 bits per heavy atom. The highest BCUT2D eigenvalue weighted by molar-refractivity contribution is 5.95. The van der Waals surface area contributed by atoms with Crippen LogP contribution in [0.5, 0.6) is 0 Å². The second-order valence-corrected chi connectivity index (χ2v) is 7.91. The molecule has 2 heterocycles. The van der Waals surface area contributed by atoms with Gasteiger partial charge in [-0.2, -0.15) is 0 Å². The van der Waals surface area contributed by atoms with E-state index < -0.39 is 0 Å². The molecule has 0 bridgehead atoms. The van der Waals surface area contributed by atoms with Gasteiger partial charge in [0.15, 0.2) is 0 Å². The van der Waals surface area contributed by atoms with Crippen LogP contribution < -0.4 is 5.56 Å². The number of piperidine rings is 1. The molecule has 1 aromatic carbocycles. The number of carbonyl (C=O) groups is 2. The molecule has 0 unspecified atom stereocenters. The number of carbonyl (C=O) groups excluding carboxylic acids is 2. The highest BCUT2D eigenvalue weighted by atomic mass is 16.5. The van der Waals surface area contributed by atoms with E-state index in [0.29, 0.717) is 31.5 Å². The molecule has 1 aliphatic carbocycles. The molecule has 1 saturated heterocycles. The molecule has 1 aromatic heterocycles. The highest BCUT2D eigenvalue weighted by Crippen LogP contribution is 2.27. The summed E-state index contributed by atoms with van der Waals surface area (Å²) in [5, 5.41) is 0. The topological polar surface area (TPSA) is 68.6 Å². The monoisotopic (exact) mass is 394 g/mol. The molecule has 4 rings (SSSR count). The van der Waals surface area contributed by atoms with Gasteiger partial charge in [0, 0.05) is 19.3 Å². The number of methoxy groups -OCH3 is 1. The summed E-state index contributed by atoms with van der Waals surface area (Å²) in [6.07, 6.45) is 5.97. The standard InChI is InChI=1S/C23H26N2O4/c1-15-9-14-25(19-8-4-6-16-5-3-7-18(16)19)22(27)20(15)21(26)24-12-10-17(11-13-24)23(28)29-2/h4,6,8-9,14,17H,3,5,7,10-13H2,1-2H3. The lowest BCUT2D eigenvalue weighted by Gasteiger charge is -2.31. The maximum Gasteiger partial charge on any atom is 0.308 e. The van der Waals surface area contributed by atoms with Crippen LogP contribution in [0, 0.1) is 12.8 Å². The van der Waals surface area contributed by atoms with E-state index in [1.54, 1.807) is 22.6 Å². The van der Waals surface area contributed by atoms with Crippen LogP contribution >= 0.6 is 0 Å². The summed E-state index contributed by atoms with van der Waals surface area (Å²) >= 11 is 0. The molecule has 0 spiro atoms. The van der Waals surface area contributed by atoms with Gasteiger partial charge in [-0.05, 0) is 67.9 Å². The number of aromatic nitrogens is 1. The molecule has 0 N–H and O–H groups in total. The van der Waals surface area contributed by atoms with Crippen molar-refractivity contribution in [1.82, 2.24) is 9.47 Å². The number of benzene rings is 1. The molecule has 29 heavy (non-hydrogen) atoms. The Balaban J connectivity index is 1.65. The van der Waals surface area contributed by atoms with Gasteiger partial charge in [0.05, 0.1) is 18.7 Å². The zero-order valence-electron chi connectivity index (χ0n) is 16.9. The van der Waals surface area contributed by atoms with Gasteiger partial charge in [-0.25, -0.2) is 0 Å². The fourth-order valence-corrected chi connectivity index (χ4v) is 4.54. The van der Waals surface area contributed by atoms with Gasteiger partial charge < -0.3 is 9.64 Å². The lowest BCUT2D eigenvalue weighted by Crippen LogP contribution is -2.43. The van der Waals surface area contributed by atoms with Gasteiger partial charge in [-0.3, -0.25) is 19.0 Å². The maximum absolute atomic E-state index is 13.3. The molecular weight excluding hydrogens is 368 g/mol. The molecular formula is C23H26N2O4. The Morgan fingerprint density at radius 1 is 1.10 bits per heavy atom. The Bertz CT molecular complexity index is 1020. The first kappa shape index (κ1) is 19.4. The fraction of sp³-hybridized carbons (Fsp3) is 0.435. The number of nitrogens with zero attached hydrogens (tertiary/aromatic N) is 2. The van der Waals surface area contributed by atoms with Crippen molar-refractivity contribution < 1.29 is 14.3 Å². The van der Waals surface area contributed by atoms with Crippen LogP contribution in [0.2, 0.25) is 0 Å². The molecule has 1 fully saturated rings. The quantitative estimate of drug-likeness (QED) is 0.751. The minimum atomic E-state index is -0.273. The summed E-state index contributed by atoms with van der Waals surface area (Å²) in [6.45, 7) is 2.70. The van der Waals surface area contributed by atoms with Gasteiger partial charge in [0.1, 0.15) is 5.56 Å². The van der Waals surface area contributed by atoms with Gasteiger partial charge >= 0.3 is 5.97 Å². The van der Waals surface area contributed by atoms with Crippen LogP contribution in [0.1, 0.15) is 46.3 Å². The molecule has 6 heteroatoms. The molecule has 1 aliphatic heterocycles. The van der Waals surface area contributed by atoms with E-state index >= 15 is 0 Å². The molecule has 0 atom stereocenters. The Morgan fingerprint density at radius 2 is 1.86 bits per heavy atom. The van der Waals surface area contributed by atoms with E-state index in [9.17, 15) is 14.4 Å². The third-order valence-corrected chi connectivity index (χ3v) is 6.21. The number of esters is 1. The lowest BCUT2D eigenvalue weighted by atomic mass is 9.96. The summed E-state index contributed by atoms with van der Waals surface area (Å²) in [6, 6.07) is 7.88.